The fraction of sp³-hybridized carbons (Fsp3) is 0.353. The van der Waals surface area contributed by atoms with E-state index >= 15 is 0 Å². The lowest BCUT2D eigenvalue weighted by Crippen LogP contribution is -2.38. The van der Waals surface area contributed by atoms with Gasteiger partial charge in [-0.05, 0) is 25.0 Å². The fourth-order valence-corrected chi connectivity index (χ4v) is 2.41. The number of carboxylic acids is 1. The Morgan fingerprint density at radius 3 is 2.59 bits per heavy atom. The molecular formula is C17H20N2O3. The summed E-state index contributed by atoms with van der Waals surface area (Å²) in [6.45, 7) is 5.86. The van der Waals surface area contributed by atoms with Crippen molar-refractivity contribution in [1.82, 2.24) is 9.88 Å². The van der Waals surface area contributed by atoms with Gasteiger partial charge in [0.05, 0.1) is 11.1 Å². The number of aryl methyl sites for hydroxylation is 1. The minimum absolute atomic E-state index is 0.188. The van der Waals surface area contributed by atoms with Gasteiger partial charge >= 0.3 is 5.97 Å². The van der Waals surface area contributed by atoms with Crippen LogP contribution in [-0.2, 0) is 4.79 Å². The molecule has 0 unspecified atom stereocenters. The lowest BCUT2D eigenvalue weighted by Gasteiger charge is -2.23. The summed E-state index contributed by atoms with van der Waals surface area (Å²) in [5.41, 5.74) is 1.89. The molecule has 0 bridgehead atoms. The molecule has 1 amide bonds. The van der Waals surface area contributed by atoms with Gasteiger partial charge in [0.1, 0.15) is 6.54 Å². The van der Waals surface area contributed by atoms with E-state index in [1.807, 2.05) is 39.0 Å². The Labute approximate surface area is 129 Å². The van der Waals surface area contributed by atoms with Gasteiger partial charge in [0, 0.05) is 17.6 Å². The lowest BCUT2D eigenvalue weighted by molar-refractivity contribution is -0.137. The number of hydrogen-bond acceptors (Lipinski definition) is 3. The Morgan fingerprint density at radius 2 is 1.95 bits per heavy atom. The Morgan fingerprint density at radius 1 is 1.23 bits per heavy atom. The van der Waals surface area contributed by atoms with Gasteiger partial charge in [0.25, 0.3) is 5.91 Å². The Kier molecular flexibility index (Phi) is 4.75. The standard InChI is InChI=1S/C17H20N2O3/c1-11(2)9-19(10-15(20)21)17(22)14-6-4-5-13-8-7-12(3)18-16(13)14/h4-8,11H,9-10H2,1-3H3,(H,20,21). The summed E-state index contributed by atoms with van der Waals surface area (Å²) in [7, 11) is 0. The first-order valence-electron chi connectivity index (χ1n) is 7.26. The molecule has 0 spiro atoms. The molecule has 0 aliphatic carbocycles. The van der Waals surface area contributed by atoms with Gasteiger partial charge in [-0.3, -0.25) is 14.6 Å². The summed E-state index contributed by atoms with van der Waals surface area (Å²) < 4.78 is 0. The zero-order valence-corrected chi connectivity index (χ0v) is 13.0. The predicted molar refractivity (Wildman–Crippen MR) is 84.9 cm³/mol. The van der Waals surface area contributed by atoms with Crippen LogP contribution in [0.5, 0.6) is 0 Å². The number of hydrogen-bond donors (Lipinski definition) is 1. The molecule has 1 heterocycles. The van der Waals surface area contributed by atoms with E-state index in [1.165, 1.54) is 4.90 Å². The van der Waals surface area contributed by atoms with Crippen LogP contribution in [0.15, 0.2) is 30.3 Å². The number of aromatic nitrogens is 1. The first-order valence-corrected chi connectivity index (χ1v) is 7.26. The molecule has 0 aliphatic rings. The third-order valence-electron chi connectivity index (χ3n) is 3.29. The van der Waals surface area contributed by atoms with Crippen molar-refractivity contribution in [2.45, 2.75) is 20.8 Å². The maximum Gasteiger partial charge on any atom is 0.323 e. The van der Waals surface area contributed by atoms with Crippen LogP contribution in [0.2, 0.25) is 0 Å². The molecule has 116 valence electrons. The number of rotatable bonds is 5. The Hall–Kier alpha value is -2.43. The van der Waals surface area contributed by atoms with E-state index in [-0.39, 0.29) is 18.4 Å². The van der Waals surface area contributed by atoms with Crippen LogP contribution < -0.4 is 0 Å². The number of carbonyl (C=O) groups excluding carboxylic acids is 1. The van der Waals surface area contributed by atoms with E-state index in [9.17, 15) is 9.59 Å². The molecular weight excluding hydrogens is 280 g/mol. The monoisotopic (exact) mass is 300 g/mol. The maximum absolute atomic E-state index is 12.8. The van der Waals surface area contributed by atoms with Gasteiger partial charge in [-0.15, -0.1) is 0 Å². The number of nitrogens with zero attached hydrogens (tertiary/aromatic N) is 2. The van der Waals surface area contributed by atoms with Crippen molar-refractivity contribution in [3.05, 3.63) is 41.6 Å². The van der Waals surface area contributed by atoms with E-state index in [0.29, 0.717) is 17.6 Å². The van der Waals surface area contributed by atoms with E-state index in [2.05, 4.69) is 4.98 Å². The number of amides is 1. The average molecular weight is 300 g/mol. The predicted octanol–water partition coefficient (Wildman–Crippen LogP) is 2.73. The summed E-state index contributed by atoms with van der Waals surface area (Å²) >= 11 is 0. The van der Waals surface area contributed by atoms with Crippen molar-refractivity contribution in [3.8, 4) is 0 Å². The van der Waals surface area contributed by atoms with Gasteiger partial charge in [-0.2, -0.15) is 0 Å². The zero-order valence-electron chi connectivity index (χ0n) is 13.0. The molecule has 5 heteroatoms. The second-order valence-electron chi connectivity index (χ2n) is 5.80. The zero-order chi connectivity index (χ0) is 16.3. The smallest absolute Gasteiger partial charge is 0.323 e. The van der Waals surface area contributed by atoms with Crippen LogP contribution in [0, 0.1) is 12.8 Å². The molecule has 0 aliphatic heterocycles. The van der Waals surface area contributed by atoms with E-state index in [4.69, 9.17) is 5.11 Å². The van der Waals surface area contributed by atoms with Gasteiger partial charge in [0.2, 0.25) is 0 Å². The molecule has 1 aromatic carbocycles. The normalized spacial score (nSPS) is 10.9. The van der Waals surface area contributed by atoms with Gasteiger partial charge < -0.3 is 10.0 Å². The highest BCUT2D eigenvalue weighted by Crippen LogP contribution is 2.19. The summed E-state index contributed by atoms with van der Waals surface area (Å²) in [6.07, 6.45) is 0. The second kappa shape index (κ2) is 6.56. The number of carboxylic acid groups (broad SMARTS) is 1. The highest BCUT2D eigenvalue weighted by Gasteiger charge is 2.21. The average Bonchev–Trinajstić information content (AvgIpc) is 2.44. The molecule has 2 aromatic rings. The van der Waals surface area contributed by atoms with Crippen LogP contribution in [0.4, 0.5) is 0 Å². The van der Waals surface area contributed by atoms with Crippen LogP contribution in [0.25, 0.3) is 10.9 Å². The Balaban J connectivity index is 2.45. The number of benzene rings is 1. The molecule has 0 atom stereocenters. The summed E-state index contributed by atoms with van der Waals surface area (Å²) in [5, 5.41) is 9.91. The van der Waals surface area contributed by atoms with Gasteiger partial charge in [0.15, 0.2) is 0 Å². The van der Waals surface area contributed by atoms with Crippen LogP contribution in [-0.4, -0.2) is 40.0 Å². The quantitative estimate of drug-likeness (QED) is 0.921. The van der Waals surface area contributed by atoms with Crippen molar-refractivity contribution in [2.24, 2.45) is 5.92 Å². The minimum Gasteiger partial charge on any atom is -0.480 e. The van der Waals surface area contributed by atoms with Crippen molar-refractivity contribution in [2.75, 3.05) is 13.1 Å². The van der Waals surface area contributed by atoms with Crippen LogP contribution in [0.1, 0.15) is 29.9 Å². The molecule has 1 N–H and O–H groups in total. The Bertz CT molecular complexity index is 710. The molecule has 5 nitrogen and oxygen atoms in total. The number of fused-ring (bicyclic) bond motifs is 1. The van der Waals surface area contributed by atoms with Crippen molar-refractivity contribution in [3.63, 3.8) is 0 Å². The molecule has 0 fully saturated rings. The molecule has 0 saturated carbocycles. The third kappa shape index (κ3) is 3.61. The lowest BCUT2D eigenvalue weighted by atomic mass is 10.1. The number of carbonyl (C=O) groups is 2. The van der Waals surface area contributed by atoms with Crippen molar-refractivity contribution in [1.29, 1.82) is 0 Å². The van der Waals surface area contributed by atoms with E-state index in [0.717, 1.165) is 11.1 Å². The third-order valence-corrected chi connectivity index (χ3v) is 3.29. The molecule has 1 aromatic heterocycles. The summed E-state index contributed by atoms with van der Waals surface area (Å²) in [5.74, 6) is -1.12. The number of pyridine rings is 1. The van der Waals surface area contributed by atoms with Crippen LogP contribution >= 0.6 is 0 Å². The topological polar surface area (TPSA) is 70.5 Å². The summed E-state index contributed by atoms with van der Waals surface area (Å²) in [6, 6.07) is 9.19. The second-order valence-corrected chi connectivity index (χ2v) is 5.80. The maximum atomic E-state index is 12.8. The fourth-order valence-electron chi connectivity index (χ4n) is 2.41. The largest absolute Gasteiger partial charge is 0.480 e. The molecule has 2 rings (SSSR count). The first kappa shape index (κ1) is 15.9. The van der Waals surface area contributed by atoms with Crippen LogP contribution in [0.3, 0.4) is 0 Å². The molecule has 0 saturated heterocycles. The molecule has 22 heavy (non-hydrogen) atoms. The SMILES string of the molecule is Cc1ccc2cccc(C(=O)N(CC(=O)O)CC(C)C)c2n1. The minimum atomic E-state index is -1.02. The molecule has 0 radical (unpaired) electrons. The number of para-hydroxylation sites is 1. The first-order chi connectivity index (χ1) is 10.4. The van der Waals surface area contributed by atoms with E-state index < -0.39 is 5.97 Å². The number of aliphatic carboxylic acids is 1. The van der Waals surface area contributed by atoms with E-state index in [1.54, 1.807) is 12.1 Å². The van der Waals surface area contributed by atoms with Gasteiger partial charge in [-0.1, -0.05) is 32.0 Å². The highest BCUT2D eigenvalue weighted by molar-refractivity contribution is 6.06. The summed E-state index contributed by atoms with van der Waals surface area (Å²) in [4.78, 5) is 29.6. The van der Waals surface area contributed by atoms with Gasteiger partial charge in [-0.25, -0.2) is 0 Å². The van der Waals surface area contributed by atoms with Crippen molar-refractivity contribution >= 4 is 22.8 Å². The van der Waals surface area contributed by atoms with Crippen molar-refractivity contribution < 1.29 is 14.7 Å². The highest BCUT2D eigenvalue weighted by atomic mass is 16.4.